The second-order valence-corrected chi connectivity index (χ2v) is 29.4. The number of hydrogen-bond acceptors (Lipinski definition) is 9. The van der Waals surface area contributed by atoms with E-state index in [1.165, 1.54) is 78.0 Å². The summed E-state index contributed by atoms with van der Waals surface area (Å²) in [4.78, 5) is 31.0. The number of hydrogen-bond donors (Lipinski definition) is 0. The lowest BCUT2D eigenvalue weighted by Crippen LogP contribution is -1.96. The van der Waals surface area contributed by atoms with E-state index in [1.54, 1.807) is 0 Å². The molecule has 0 radical (unpaired) electrons. The molecule has 0 N–H and O–H groups in total. The molecule has 7 nitrogen and oxygen atoms in total. The highest BCUT2D eigenvalue weighted by Crippen LogP contribution is 2.43. The molecule has 0 aliphatic heterocycles. The maximum absolute atomic E-state index is 6.13. The summed E-state index contributed by atoms with van der Waals surface area (Å²) >= 11 is 3.71. The number of para-hydroxylation sites is 3. The van der Waals surface area contributed by atoms with Gasteiger partial charge in [-0.1, -0.05) is 255 Å². The van der Waals surface area contributed by atoms with E-state index in [2.05, 4.69) is 279 Å². The summed E-state index contributed by atoms with van der Waals surface area (Å²) in [5.74, 6) is 0. The Morgan fingerprint density at radius 1 is 0.178 bits per heavy atom. The van der Waals surface area contributed by atoms with Crippen LogP contribution in [0.1, 0.15) is 0 Å². The van der Waals surface area contributed by atoms with Crippen LogP contribution in [0.3, 0.4) is 0 Å². The Morgan fingerprint density at radius 3 is 1.00 bits per heavy atom. The highest BCUT2D eigenvalue weighted by Gasteiger charge is 2.21. The molecule has 0 unspecified atom stereocenters. The Balaban J connectivity index is 0.000000103. The van der Waals surface area contributed by atoms with Crippen molar-refractivity contribution in [3.63, 3.8) is 0 Å². The van der Waals surface area contributed by atoms with Gasteiger partial charge < -0.3 is 4.42 Å². The van der Waals surface area contributed by atoms with E-state index >= 15 is 0 Å². The van der Waals surface area contributed by atoms with Crippen LogP contribution in [0.2, 0.25) is 0 Å². The molecule has 6 heterocycles. The van der Waals surface area contributed by atoms with Gasteiger partial charge in [-0.2, -0.15) is 0 Å². The van der Waals surface area contributed by atoms with Gasteiger partial charge in [0.25, 0.3) is 0 Å². The topological polar surface area (TPSA) is 90.5 Å². The first-order chi connectivity index (χ1) is 53.0. The first-order valence-electron chi connectivity index (χ1n) is 35.9. The zero-order chi connectivity index (χ0) is 70.5. The van der Waals surface area contributed by atoms with Crippen molar-refractivity contribution >= 4 is 172 Å². The minimum Gasteiger partial charge on any atom is -0.456 e. The highest BCUT2D eigenvalue weighted by atomic mass is 32.1. The van der Waals surface area contributed by atoms with Gasteiger partial charge in [0.05, 0.1) is 67.3 Å². The summed E-state index contributed by atoms with van der Waals surface area (Å²) in [6.07, 6.45) is 0. The molecule has 107 heavy (non-hydrogen) atoms. The molecule has 0 spiro atoms. The van der Waals surface area contributed by atoms with Crippen molar-refractivity contribution in [3.05, 3.63) is 352 Å². The van der Waals surface area contributed by atoms with Crippen molar-refractivity contribution in [1.82, 2.24) is 29.9 Å². The molecule has 6 aromatic heterocycles. The van der Waals surface area contributed by atoms with Crippen molar-refractivity contribution < 1.29 is 4.42 Å². The summed E-state index contributed by atoms with van der Waals surface area (Å²) in [7, 11) is 0. The van der Waals surface area contributed by atoms with Crippen LogP contribution in [-0.2, 0) is 0 Å². The monoisotopic (exact) mass is 1400 g/mol. The number of aromatic nitrogens is 6. The maximum Gasteiger partial charge on any atom is 0.136 e. The molecule has 0 saturated carbocycles. The molecule has 0 fully saturated rings. The Bertz CT molecular complexity index is 7520. The summed E-state index contributed by atoms with van der Waals surface area (Å²) < 4.78 is 11.4. The third-order valence-corrected chi connectivity index (χ3v) is 22.9. The first kappa shape index (κ1) is 61.9. The number of benzene rings is 17. The average molecular weight is 1400 g/mol. The molecule has 23 rings (SSSR count). The molecular weight excluding hydrogens is 1340 g/mol. The molecule has 0 atom stereocenters. The molecule has 0 aliphatic carbocycles. The molecule has 9 heteroatoms. The third kappa shape index (κ3) is 11.0. The minimum atomic E-state index is 0.881. The van der Waals surface area contributed by atoms with Crippen molar-refractivity contribution in [2.75, 3.05) is 0 Å². The Hall–Kier alpha value is -13.7. The highest BCUT2D eigenvalue weighted by molar-refractivity contribution is 7.26. The zero-order valence-electron chi connectivity index (χ0n) is 57.4. The Labute approximate surface area is 621 Å². The molecule has 23 aromatic rings. The van der Waals surface area contributed by atoms with E-state index in [0.717, 1.165) is 139 Å². The predicted molar refractivity (Wildman–Crippen MR) is 452 cm³/mol. The fraction of sp³-hybridized carbons (Fsp3) is 0. The van der Waals surface area contributed by atoms with Crippen molar-refractivity contribution in [3.8, 4) is 67.5 Å². The lowest BCUT2D eigenvalue weighted by molar-refractivity contribution is 0.669. The third-order valence-electron chi connectivity index (χ3n) is 20.7. The number of furan rings is 1. The SMILES string of the molecule is c1ccc(-c2nc3c(ccc4ccccc43)nc2-c2ccc3cc4c(cc3c2)sc2ccccc24)cc1.c1ccc(-c2nc3ccc4ccccc4c3nc2-c2ccc3cc4c(cc3c2)sc2ccccc24)cc1.c1ccc(-c2nc3ccccc3nc2-c2ccc3cc4c(cc3c2)oc2ccccc24)cc1. The van der Waals surface area contributed by atoms with Gasteiger partial charge in [-0.3, -0.25) is 0 Å². The molecule has 498 valence electrons. The maximum atomic E-state index is 6.13. The van der Waals surface area contributed by atoms with Crippen LogP contribution in [0, 0.1) is 0 Å². The first-order valence-corrected chi connectivity index (χ1v) is 37.5. The van der Waals surface area contributed by atoms with Gasteiger partial charge in [-0.15, -0.1) is 22.7 Å². The normalized spacial score (nSPS) is 11.7. The van der Waals surface area contributed by atoms with E-state index in [4.69, 9.17) is 34.3 Å². The molecular formula is C98H58N6OS2. The van der Waals surface area contributed by atoms with Gasteiger partial charge in [-0.25, -0.2) is 29.9 Å². The lowest BCUT2D eigenvalue weighted by Gasteiger charge is -2.13. The van der Waals surface area contributed by atoms with Gasteiger partial charge in [0.2, 0.25) is 0 Å². The average Bonchev–Trinajstić information content (AvgIpc) is 1.49. The zero-order valence-corrected chi connectivity index (χ0v) is 59.0. The van der Waals surface area contributed by atoms with Crippen molar-refractivity contribution in [2.45, 2.75) is 0 Å². The van der Waals surface area contributed by atoms with Gasteiger partial charge in [0.15, 0.2) is 0 Å². The summed E-state index contributed by atoms with van der Waals surface area (Å²) in [5, 5.41) is 19.4. The van der Waals surface area contributed by atoms with Crippen molar-refractivity contribution in [2.24, 2.45) is 0 Å². The number of rotatable bonds is 6. The standard InChI is InChI=1S/2C34H20N2S.C30H18N2O/c1-2-9-22(10-3-1)32-33(35-29-17-16-21-8-4-5-11-26(21)34(29)36-32)24-15-14-23-19-28-27-12-6-7-13-30(27)37-31(28)20-25(23)18-24;1-2-9-22(10-3-1)32-33(36-34-26-11-5-4-8-21(26)16-17-29(34)35-32)24-15-14-23-19-28-27-12-6-7-13-30(27)37-31(28)20-25(23)18-24;1-2-8-19(9-3-1)29-30(32-26-12-6-5-11-25(26)31-29)21-15-14-20-17-24-23-10-4-7-13-27(23)33-28(24)18-22(20)16-21/h2*1-20H;1-18H. The summed E-state index contributed by atoms with van der Waals surface area (Å²) in [5.41, 5.74) is 19.1. The Morgan fingerprint density at radius 2 is 0.523 bits per heavy atom. The van der Waals surface area contributed by atoms with E-state index < -0.39 is 0 Å². The molecule has 17 aromatic carbocycles. The van der Waals surface area contributed by atoms with Crippen LogP contribution >= 0.6 is 22.7 Å². The molecule has 0 saturated heterocycles. The second kappa shape index (κ2) is 25.6. The van der Waals surface area contributed by atoms with E-state index in [0.29, 0.717) is 0 Å². The van der Waals surface area contributed by atoms with E-state index in [-0.39, 0.29) is 0 Å². The van der Waals surface area contributed by atoms with Crippen molar-refractivity contribution in [1.29, 1.82) is 0 Å². The second-order valence-electron chi connectivity index (χ2n) is 27.2. The summed E-state index contributed by atoms with van der Waals surface area (Å²) in [6.45, 7) is 0. The smallest absolute Gasteiger partial charge is 0.136 e. The fourth-order valence-corrected chi connectivity index (χ4v) is 17.7. The minimum absolute atomic E-state index is 0.881. The van der Waals surface area contributed by atoms with Crippen LogP contribution < -0.4 is 0 Å². The number of fused-ring (bicyclic) bond motifs is 19. The molecule has 0 bridgehead atoms. The van der Waals surface area contributed by atoms with Crippen LogP contribution in [-0.4, -0.2) is 29.9 Å². The van der Waals surface area contributed by atoms with Gasteiger partial charge in [0.1, 0.15) is 11.2 Å². The molecule has 0 amide bonds. The van der Waals surface area contributed by atoms with Gasteiger partial charge in [-0.05, 0) is 140 Å². The number of nitrogens with zero attached hydrogens (tertiary/aromatic N) is 6. The quantitative estimate of drug-likeness (QED) is 0.153. The lowest BCUT2D eigenvalue weighted by atomic mass is 9.99. The Kier molecular flexibility index (Phi) is 14.8. The van der Waals surface area contributed by atoms with Crippen LogP contribution in [0.25, 0.3) is 217 Å². The molecule has 0 aliphatic rings. The fourth-order valence-electron chi connectivity index (χ4n) is 15.4. The van der Waals surface area contributed by atoms with Crippen LogP contribution in [0.15, 0.2) is 356 Å². The van der Waals surface area contributed by atoms with E-state index in [9.17, 15) is 0 Å². The van der Waals surface area contributed by atoms with Crippen LogP contribution in [0.5, 0.6) is 0 Å². The largest absolute Gasteiger partial charge is 0.456 e. The van der Waals surface area contributed by atoms with Gasteiger partial charge >= 0.3 is 0 Å². The summed E-state index contributed by atoms with van der Waals surface area (Å²) in [6, 6.07) is 123. The van der Waals surface area contributed by atoms with E-state index in [1.807, 2.05) is 95.5 Å². The predicted octanol–water partition coefficient (Wildman–Crippen LogP) is 27.3. The van der Waals surface area contributed by atoms with Crippen LogP contribution in [0.4, 0.5) is 0 Å². The van der Waals surface area contributed by atoms with Gasteiger partial charge in [0, 0.05) is 95.3 Å². The number of thiophene rings is 2.